The number of anilines is 1. The minimum atomic E-state index is -4.50. The zero-order chi connectivity index (χ0) is 18.0. The highest BCUT2D eigenvalue weighted by atomic mass is 19.4. The number of rotatable bonds is 3. The molecule has 0 fully saturated rings. The topological polar surface area (TPSA) is 51.2 Å². The standard InChI is InChI=1S/C18H13F3N2O2/c1-25-12-6-4-11(5-7-12)17(24)23-15-9-8-14(18(19,20)21)13-3-2-10-22-16(13)15/h2-10H,1H3,(H,23,24). The van der Waals surface area contributed by atoms with Crippen LogP contribution in [-0.2, 0) is 6.18 Å². The number of halogens is 3. The Morgan fingerprint density at radius 3 is 2.44 bits per heavy atom. The van der Waals surface area contributed by atoms with E-state index in [1.165, 1.54) is 31.5 Å². The number of carbonyl (C=O) groups is 1. The van der Waals surface area contributed by atoms with Gasteiger partial charge in [-0.25, -0.2) is 0 Å². The molecule has 0 saturated carbocycles. The van der Waals surface area contributed by atoms with Gasteiger partial charge >= 0.3 is 6.18 Å². The molecule has 0 bridgehead atoms. The molecule has 2 aromatic carbocycles. The van der Waals surface area contributed by atoms with Crippen LogP contribution in [0.3, 0.4) is 0 Å². The molecular formula is C18H13F3N2O2. The van der Waals surface area contributed by atoms with Crippen LogP contribution in [0, 0.1) is 0 Å². The number of ether oxygens (including phenoxy) is 1. The Morgan fingerprint density at radius 1 is 1.08 bits per heavy atom. The molecule has 4 nitrogen and oxygen atoms in total. The summed E-state index contributed by atoms with van der Waals surface area (Å²) in [6.45, 7) is 0. The third kappa shape index (κ3) is 3.40. The monoisotopic (exact) mass is 346 g/mol. The van der Waals surface area contributed by atoms with Gasteiger partial charge < -0.3 is 10.1 Å². The highest BCUT2D eigenvalue weighted by molar-refractivity contribution is 6.08. The van der Waals surface area contributed by atoms with E-state index in [1.807, 2.05) is 0 Å². The van der Waals surface area contributed by atoms with Crippen LogP contribution in [0.4, 0.5) is 18.9 Å². The number of nitrogens with zero attached hydrogens (tertiary/aromatic N) is 1. The number of hydrogen-bond donors (Lipinski definition) is 1. The average molecular weight is 346 g/mol. The van der Waals surface area contributed by atoms with Crippen LogP contribution in [0.15, 0.2) is 54.7 Å². The highest BCUT2D eigenvalue weighted by Crippen LogP contribution is 2.36. The van der Waals surface area contributed by atoms with E-state index < -0.39 is 17.6 Å². The summed E-state index contributed by atoms with van der Waals surface area (Å²) in [6, 6.07) is 11.3. The summed E-state index contributed by atoms with van der Waals surface area (Å²) >= 11 is 0. The van der Waals surface area contributed by atoms with E-state index >= 15 is 0 Å². The molecule has 0 saturated heterocycles. The van der Waals surface area contributed by atoms with E-state index in [-0.39, 0.29) is 16.6 Å². The third-order valence-corrected chi connectivity index (χ3v) is 3.68. The van der Waals surface area contributed by atoms with E-state index in [2.05, 4.69) is 10.3 Å². The molecule has 0 aliphatic rings. The number of hydrogen-bond acceptors (Lipinski definition) is 3. The van der Waals surface area contributed by atoms with Crippen molar-refractivity contribution in [3.8, 4) is 5.75 Å². The normalized spacial score (nSPS) is 11.4. The number of alkyl halides is 3. The fourth-order valence-corrected chi connectivity index (χ4v) is 2.46. The number of amides is 1. The quantitative estimate of drug-likeness (QED) is 0.759. The number of benzene rings is 2. The Bertz CT molecular complexity index is 922. The molecule has 0 atom stereocenters. The SMILES string of the molecule is COc1ccc(C(=O)Nc2ccc(C(F)(F)F)c3cccnc23)cc1. The van der Waals surface area contributed by atoms with Gasteiger partial charge in [0, 0.05) is 17.1 Å². The lowest BCUT2D eigenvalue weighted by atomic mass is 10.1. The van der Waals surface area contributed by atoms with E-state index in [0.29, 0.717) is 11.3 Å². The number of carbonyl (C=O) groups excluding carboxylic acids is 1. The molecule has 3 aromatic rings. The van der Waals surface area contributed by atoms with Crippen LogP contribution in [0.25, 0.3) is 10.9 Å². The van der Waals surface area contributed by atoms with Crippen LogP contribution in [0.1, 0.15) is 15.9 Å². The summed E-state index contributed by atoms with van der Waals surface area (Å²) in [4.78, 5) is 16.3. The predicted molar refractivity (Wildman–Crippen MR) is 87.7 cm³/mol. The summed E-state index contributed by atoms with van der Waals surface area (Å²) in [7, 11) is 1.51. The molecule has 1 aromatic heterocycles. The first-order valence-electron chi connectivity index (χ1n) is 7.30. The molecule has 25 heavy (non-hydrogen) atoms. The lowest BCUT2D eigenvalue weighted by molar-refractivity contribution is -0.136. The van der Waals surface area contributed by atoms with Gasteiger partial charge in [-0.05, 0) is 42.5 Å². The molecule has 0 unspecified atom stereocenters. The number of pyridine rings is 1. The number of methoxy groups -OCH3 is 1. The van der Waals surface area contributed by atoms with E-state index in [9.17, 15) is 18.0 Å². The van der Waals surface area contributed by atoms with Crippen molar-refractivity contribution in [3.05, 3.63) is 65.9 Å². The molecule has 0 aliphatic heterocycles. The van der Waals surface area contributed by atoms with Gasteiger partial charge in [-0.3, -0.25) is 9.78 Å². The maximum absolute atomic E-state index is 13.1. The third-order valence-electron chi connectivity index (χ3n) is 3.68. The minimum absolute atomic E-state index is 0.0671. The Balaban J connectivity index is 1.97. The van der Waals surface area contributed by atoms with Gasteiger partial charge in [0.05, 0.1) is 23.9 Å². The molecular weight excluding hydrogens is 333 g/mol. The Hall–Kier alpha value is -3.09. The van der Waals surface area contributed by atoms with Crippen molar-refractivity contribution >= 4 is 22.5 Å². The van der Waals surface area contributed by atoms with Crippen molar-refractivity contribution in [2.24, 2.45) is 0 Å². The fourth-order valence-electron chi connectivity index (χ4n) is 2.46. The highest BCUT2D eigenvalue weighted by Gasteiger charge is 2.33. The summed E-state index contributed by atoms with van der Waals surface area (Å²) < 4.78 is 44.4. The van der Waals surface area contributed by atoms with Crippen molar-refractivity contribution in [2.45, 2.75) is 6.18 Å². The maximum Gasteiger partial charge on any atom is 0.417 e. The summed E-state index contributed by atoms with van der Waals surface area (Å²) in [5.74, 6) is 0.146. The second kappa shape index (κ2) is 6.43. The fraction of sp³-hybridized carbons (Fsp3) is 0.111. The number of fused-ring (bicyclic) bond motifs is 1. The van der Waals surface area contributed by atoms with Crippen LogP contribution in [0.2, 0.25) is 0 Å². The zero-order valence-electron chi connectivity index (χ0n) is 13.1. The van der Waals surface area contributed by atoms with Crippen molar-refractivity contribution < 1.29 is 22.7 Å². The van der Waals surface area contributed by atoms with Crippen molar-refractivity contribution in [1.82, 2.24) is 4.98 Å². The van der Waals surface area contributed by atoms with Gasteiger partial charge in [-0.15, -0.1) is 0 Å². The lowest BCUT2D eigenvalue weighted by Gasteiger charge is -2.13. The minimum Gasteiger partial charge on any atom is -0.497 e. The largest absolute Gasteiger partial charge is 0.497 e. The van der Waals surface area contributed by atoms with Gasteiger partial charge in [-0.1, -0.05) is 6.07 Å². The molecule has 0 spiro atoms. The Morgan fingerprint density at radius 2 is 1.80 bits per heavy atom. The van der Waals surface area contributed by atoms with Crippen molar-refractivity contribution in [3.63, 3.8) is 0 Å². The summed E-state index contributed by atoms with van der Waals surface area (Å²) in [6.07, 6.45) is -3.12. The predicted octanol–water partition coefficient (Wildman–Crippen LogP) is 4.51. The van der Waals surface area contributed by atoms with E-state index in [4.69, 9.17) is 4.74 Å². The molecule has 0 aliphatic carbocycles. The van der Waals surface area contributed by atoms with Gasteiger partial charge in [-0.2, -0.15) is 13.2 Å². The number of nitrogens with one attached hydrogen (secondary N) is 1. The van der Waals surface area contributed by atoms with Gasteiger partial charge in [0.15, 0.2) is 0 Å². The first-order valence-corrected chi connectivity index (χ1v) is 7.30. The maximum atomic E-state index is 13.1. The van der Waals surface area contributed by atoms with Crippen LogP contribution in [0.5, 0.6) is 5.75 Å². The molecule has 128 valence electrons. The van der Waals surface area contributed by atoms with Crippen molar-refractivity contribution in [1.29, 1.82) is 0 Å². The smallest absolute Gasteiger partial charge is 0.417 e. The molecule has 7 heteroatoms. The van der Waals surface area contributed by atoms with Crippen LogP contribution < -0.4 is 10.1 Å². The molecule has 1 amide bonds. The molecule has 3 rings (SSSR count). The molecule has 0 radical (unpaired) electrons. The van der Waals surface area contributed by atoms with Gasteiger partial charge in [0.25, 0.3) is 5.91 Å². The second-order valence-electron chi connectivity index (χ2n) is 5.24. The molecule has 1 N–H and O–H groups in total. The zero-order valence-corrected chi connectivity index (χ0v) is 13.1. The lowest BCUT2D eigenvalue weighted by Crippen LogP contribution is -2.13. The Labute approximate surface area is 141 Å². The second-order valence-corrected chi connectivity index (χ2v) is 5.24. The first-order chi connectivity index (χ1) is 11.9. The van der Waals surface area contributed by atoms with Crippen molar-refractivity contribution in [2.75, 3.05) is 12.4 Å². The molecule has 1 heterocycles. The van der Waals surface area contributed by atoms with E-state index in [0.717, 1.165) is 6.07 Å². The van der Waals surface area contributed by atoms with Gasteiger partial charge in [0.2, 0.25) is 0 Å². The van der Waals surface area contributed by atoms with E-state index in [1.54, 1.807) is 24.3 Å². The average Bonchev–Trinajstić information content (AvgIpc) is 2.61. The van der Waals surface area contributed by atoms with Crippen LogP contribution >= 0.6 is 0 Å². The first kappa shape index (κ1) is 16.8. The van der Waals surface area contributed by atoms with Crippen LogP contribution in [-0.4, -0.2) is 18.0 Å². The van der Waals surface area contributed by atoms with Gasteiger partial charge in [0.1, 0.15) is 5.75 Å². The summed E-state index contributed by atoms with van der Waals surface area (Å²) in [5, 5.41) is 2.54. The number of aromatic nitrogens is 1. The Kier molecular flexibility index (Phi) is 4.31. The summed E-state index contributed by atoms with van der Waals surface area (Å²) in [5.41, 5.74) is -0.147.